The van der Waals surface area contributed by atoms with E-state index in [-0.39, 0.29) is 6.29 Å². The minimum Gasteiger partial charge on any atom is -0.356 e. The molecule has 0 aliphatic carbocycles. The lowest BCUT2D eigenvalue weighted by Crippen LogP contribution is -2.17. The Bertz CT molecular complexity index is 92.9. The van der Waals surface area contributed by atoms with Gasteiger partial charge in [-0.05, 0) is 5.92 Å². The Labute approximate surface area is 56.2 Å². The molecule has 0 aromatic rings. The van der Waals surface area contributed by atoms with Crippen molar-refractivity contribution in [1.82, 2.24) is 0 Å². The molecule has 0 radical (unpaired) electrons. The van der Waals surface area contributed by atoms with Crippen LogP contribution in [0.2, 0.25) is 0 Å². The molecular formula is C7H14O2. The predicted molar refractivity (Wildman–Crippen MR) is 35.1 cm³/mol. The van der Waals surface area contributed by atoms with Crippen molar-refractivity contribution in [3.8, 4) is 0 Å². The van der Waals surface area contributed by atoms with Crippen molar-refractivity contribution in [2.45, 2.75) is 20.1 Å². The summed E-state index contributed by atoms with van der Waals surface area (Å²) in [6, 6.07) is 0. The predicted octanol–water partition coefficient (Wildman–Crippen LogP) is 1.26. The molecule has 1 heterocycles. The average molecular weight is 130 g/mol. The Morgan fingerprint density at radius 2 is 2.11 bits per heavy atom. The van der Waals surface area contributed by atoms with Crippen LogP contribution in [0.1, 0.15) is 13.8 Å². The quantitative estimate of drug-likeness (QED) is 0.532. The molecule has 0 amide bonds. The number of methoxy groups -OCH3 is 1. The molecular weight excluding hydrogens is 116 g/mol. The molecule has 3 unspecified atom stereocenters. The van der Waals surface area contributed by atoms with E-state index in [1.54, 1.807) is 7.11 Å². The largest absolute Gasteiger partial charge is 0.356 e. The van der Waals surface area contributed by atoms with E-state index in [4.69, 9.17) is 9.47 Å². The molecule has 1 aliphatic heterocycles. The topological polar surface area (TPSA) is 18.5 Å². The zero-order valence-electron chi connectivity index (χ0n) is 6.26. The normalized spacial score (nSPS) is 43.7. The van der Waals surface area contributed by atoms with E-state index in [9.17, 15) is 0 Å². The van der Waals surface area contributed by atoms with E-state index in [1.165, 1.54) is 0 Å². The SMILES string of the molecule is COC1OCC(C)C1C. The van der Waals surface area contributed by atoms with Gasteiger partial charge in [-0.1, -0.05) is 13.8 Å². The Morgan fingerprint density at radius 1 is 1.44 bits per heavy atom. The molecule has 1 saturated heterocycles. The molecule has 0 saturated carbocycles. The van der Waals surface area contributed by atoms with E-state index in [0.29, 0.717) is 11.8 Å². The Hall–Kier alpha value is -0.0800. The molecule has 0 N–H and O–H groups in total. The first-order valence-corrected chi connectivity index (χ1v) is 3.40. The monoisotopic (exact) mass is 130 g/mol. The highest BCUT2D eigenvalue weighted by Gasteiger charge is 2.30. The fourth-order valence-corrected chi connectivity index (χ4v) is 1.10. The number of hydrogen-bond donors (Lipinski definition) is 0. The summed E-state index contributed by atoms with van der Waals surface area (Å²) in [6.45, 7) is 5.19. The van der Waals surface area contributed by atoms with Gasteiger partial charge in [-0.25, -0.2) is 0 Å². The van der Waals surface area contributed by atoms with Crippen molar-refractivity contribution in [1.29, 1.82) is 0 Å². The second-order valence-electron chi connectivity index (χ2n) is 2.77. The molecule has 0 bridgehead atoms. The summed E-state index contributed by atoms with van der Waals surface area (Å²) in [5, 5.41) is 0. The summed E-state index contributed by atoms with van der Waals surface area (Å²) in [4.78, 5) is 0. The third kappa shape index (κ3) is 1.25. The van der Waals surface area contributed by atoms with E-state index in [0.717, 1.165) is 6.61 Å². The maximum absolute atomic E-state index is 5.30. The van der Waals surface area contributed by atoms with Crippen LogP contribution < -0.4 is 0 Å². The average Bonchev–Trinajstić information content (AvgIpc) is 2.15. The van der Waals surface area contributed by atoms with Gasteiger partial charge in [-0.2, -0.15) is 0 Å². The smallest absolute Gasteiger partial charge is 0.160 e. The third-order valence-corrected chi connectivity index (χ3v) is 2.08. The lowest BCUT2D eigenvalue weighted by atomic mass is 10.00. The molecule has 2 heteroatoms. The third-order valence-electron chi connectivity index (χ3n) is 2.08. The van der Waals surface area contributed by atoms with Gasteiger partial charge in [0.15, 0.2) is 6.29 Å². The highest BCUT2D eigenvalue weighted by Crippen LogP contribution is 2.25. The Balaban J connectivity index is 2.41. The molecule has 0 aromatic heterocycles. The minimum absolute atomic E-state index is 0.0417. The Morgan fingerprint density at radius 3 is 2.33 bits per heavy atom. The first-order chi connectivity index (χ1) is 4.25. The summed E-state index contributed by atoms with van der Waals surface area (Å²) in [5.41, 5.74) is 0. The summed E-state index contributed by atoms with van der Waals surface area (Å²) in [5.74, 6) is 1.20. The van der Waals surface area contributed by atoms with Gasteiger partial charge in [0.05, 0.1) is 6.61 Å². The van der Waals surface area contributed by atoms with Crippen LogP contribution in [0.4, 0.5) is 0 Å². The van der Waals surface area contributed by atoms with E-state index in [2.05, 4.69) is 13.8 Å². The second-order valence-corrected chi connectivity index (χ2v) is 2.77. The van der Waals surface area contributed by atoms with Crippen molar-refractivity contribution < 1.29 is 9.47 Å². The van der Waals surface area contributed by atoms with Crippen molar-refractivity contribution in [2.24, 2.45) is 11.8 Å². The van der Waals surface area contributed by atoms with Gasteiger partial charge in [0.1, 0.15) is 0 Å². The summed E-state index contributed by atoms with van der Waals surface area (Å²) in [6.07, 6.45) is 0.0417. The standard InChI is InChI=1S/C7H14O2/c1-5-4-9-7(8-3)6(5)2/h5-7H,4H2,1-3H3. The molecule has 0 aromatic carbocycles. The van der Waals surface area contributed by atoms with Crippen molar-refractivity contribution >= 4 is 0 Å². The highest BCUT2D eigenvalue weighted by atomic mass is 16.7. The van der Waals surface area contributed by atoms with Crippen LogP contribution >= 0.6 is 0 Å². The van der Waals surface area contributed by atoms with Crippen LogP contribution in [0.3, 0.4) is 0 Å². The highest BCUT2D eigenvalue weighted by molar-refractivity contribution is 4.71. The maximum atomic E-state index is 5.30. The van der Waals surface area contributed by atoms with Crippen LogP contribution in [-0.4, -0.2) is 20.0 Å². The maximum Gasteiger partial charge on any atom is 0.160 e. The lowest BCUT2D eigenvalue weighted by molar-refractivity contribution is -0.107. The molecule has 54 valence electrons. The fraction of sp³-hybridized carbons (Fsp3) is 1.00. The number of ether oxygens (including phenoxy) is 2. The fourth-order valence-electron chi connectivity index (χ4n) is 1.10. The van der Waals surface area contributed by atoms with Gasteiger partial charge in [-0.15, -0.1) is 0 Å². The van der Waals surface area contributed by atoms with Gasteiger partial charge in [0.2, 0.25) is 0 Å². The van der Waals surface area contributed by atoms with Gasteiger partial charge in [-0.3, -0.25) is 0 Å². The first-order valence-electron chi connectivity index (χ1n) is 3.40. The van der Waals surface area contributed by atoms with E-state index in [1.807, 2.05) is 0 Å². The van der Waals surface area contributed by atoms with E-state index < -0.39 is 0 Å². The Kier molecular flexibility index (Phi) is 2.09. The lowest BCUT2D eigenvalue weighted by Gasteiger charge is -2.13. The van der Waals surface area contributed by atoms with Crippen LogP contribution in [0.5, 0.6) is 0 Å². The van der Waals surface area contributed by atoms with Crippen LogP contribution in [0.25, 0.3) is 0 Å². The van der Waals surface area contributed by atoms with Gasteiger partial charge >= 0.3 is 0 Å². The van der Waals surface area contributed by atoms with Gasteiger partial charge < -0.3 is 9.47 Å². The first kappa shape index (κ1) is 7.03. The molecule has 0 spiro atoms. The van der Waals surface area contributed by atoms with Crippen molar-refractivity contribution in [3.63, 3.8) is 0 Å². The second kappa shape index (κ2) is 2.67. The molecule has 9 heavy (non-hydrogen) atoms. The molecule has 1 fully saturated rings. The van der Waals surface area contributed by atoms with Gasteiger partial charge in [0.25, 0.3) is 0 Å². The van der Waals surface area contributed by atoms with Crippen LogP contribution in [0.15, 0.2) is 0 Å². The minimum atomic E-state index is 0.0417. The number of hydrogen-bond acceptors (Lipinski definition) is 2. The van der Waals surface area contributed by atoms with Crippen molar-refractivity contribution in [3.05, 3.63) is 0 Å². The summed E-state index contributed by atoms with van der Waals surface area (Å²) in [7, 11) is 1.69. The number of rotatable bonds is 1. The molecule has 2 nitrogen and oxygen atoms in total. The molecule has 3 atom stereocenters. The zero-order valence-corrected chi connectivity index (χ0v) is 6.26. The van der Waals surface area contributed by atoms with Gasteiger partial charge in [0, 0.05) is 13.0 Å². The van der Waals surface area contributed by atoms with Crippen LogP contribution in [0, 0.1) is 11.8 Å². The van der Waals surface area contributed by atoms with Crippen molar-refractivity contribution in [2.75, 3.05) is 13.7 Å². The zero-order chi connectivity index (χ0) is 6.85. The summed E-state index contributed by atoms with van der Waals surface area (Å²) < 4.78 is 10.4. The molecule has 1 aliphatic rings. The molecule has 1 rings (SSSR count). The summed E-state index contributed by atoms with van der Waals surface area (Å²) >= 11 is 0. The van der Waals surface area contributed by atoms with Crippen LogP contribution in [-0.2, 0) is 9.47 Å². The van der Waals surface area contributed by atoms with E-state index >= 15 is 0 Å².